The lowest BCUT2D eigenvalue weighted by molar-refractivity contribution is 0.793. The molecule has 0 bridgehead atoms. The first-order valence-corrected chi connectivity index (χ1v) is 25.0. The van der Waals surface area contributed by atoms with Crippen LogP contribution in [0.5, 0.6) is 0 Å². The van der Waals surface area contributed by atoms with Crippen molar-refractivity contribution in [1.82, 2.24) is 4.57 Å². The molecule has 0 aliphatic heterocycles. The number of para-hydroxylation sites is 3. The molecule has 3 heteroatoms. The smallest absolute Gasteiger partial charge is 0.0726 e. The molecule has 2 aliphatic carbocycles. The predicted octanol–water partition coefficient (Wildman–Crippen LogP) is 18.3. The van der Waals surface area contributed by atoms with Crippen LogP contribution < -0.4 is 4.90 Å². The molecule has 0 atom stereocenters. The van der Waals surface area contributed by atoms with Gasteiger partial charge in [-0.1, -0.05) is 164 Å². The number of hydrogen-bond donors (Lipinski definition) is 0. The molecular formula is C67H42N2S. The number of nitrogens with zero attached hydrogens (tertiary/aromatic N) is 2. The fourth-order valence-corrected chi connectivity index (χ4v) is 13.3. The molecule has 0 fully saturated rings. The fraction of sp³-hybridized carbons (Fsp3) is 0.0149. The summed E-state index contributed by atoms with van der Waals surface area (Å²) in [5.41, 5.74) is 21.6. The zero-order valence-electron chi connectivity index (χ0n) is 38.1. The van der Waals surface area contributed by atoms with Crippen LogP contribution in [0.15, 0.2) is 255 Å². The van der Waals surface area contributed by atoms with E-state index in [2.05, 4.69) is 264 Å². The Labute approximate surface area is 410 Å². The van der Waals surface area contributed by atoms with Crippen LogP contribution in [0.3, 0.4) is 0 Å². The van der Waals surface area contributed by atoms with Gasteiger partial charge in [-0.2, -0.15) is 0 Å². The van der Waals surface area contributed by atoms with Crippen molar-refractivity contribution in [1.29, 1.82) is 0 Å². The molecule has 1 spiro atoms. The van der Waals surface area contributed by atoms with Crippen molar-refractivity contribution in [3.8, 4) is 50.2 Å². The maximum Gasteiger partial charge on any atom is 0.0726 e. The molecule has 2 aromatic heterocycles. The summed E-state index contributed by atoms with van der Waals surface area (Å²) in [4.78, 5) is 2.48. The van der Waals surface area contributed by atoms with E-state index in [1.165, 1.54) is 103 Å². The quantitative estimate of drug-likeness (QED) is 0.161. The molecule has 0 radical (unpaired) electrons. The van der Waals surface area contributed by atoms with E-state index in [0.717, 1.165) is 28.3 Å². The van der Waals surface area contributed by atoms with Crippen LogP contribution in [0.1, 0.15) is 22.3 Å². The van der Waals surface area contributed by atoms with Gasteiger partial charge in [0.2, 0.25) is 0 Å². The van der Waals surface area contributed by atoms with Crippen molar-refractivity contribution in [2.75, 3.05) is 4.90 Å². The third kappa shape index (κ3) is 5.61. The van der Waals surface area contributed by atoms with E-state index in [-0.39, 0.29) is 0 Å². The van der Waals surface area contributed by atoms with Crippen molar-refractivity contribution in [2.45, 2.75) is 5.41 Å². The van der Waals surface area contributed by atoms with E-state index < -0.39 is 5.41 Å². The maximum atomic E-state index is 2.50. The van der Waals surface area contributed by atoms with Gasteiger partial charge in [0.15, 0.2) is 0 Å². The van der Waals surface area contributed by atoms with Crippen molar-refractivity contribution >= 4 is 70.4 Å². The van der Waals surface area contributed by atoms with E-state index >= 15 is 0 Å². The molecule has 13 aromatic rings. The molecule has 11 aromatic carbocycles. The summed E-state index contributed by atoms with van der Waals surface area (Å²) in [6.45, 7) is 0. The average molecular weight is 907 g/mol. The first-order chi connectivity index (χ1) is 34.7. The van der Waals surface area contributed by atoms with Crippen molar-refractivity contribution in [2.24, 2.45) is 0 Å². The summed E-state index contributed by atoms with van der Waals surface area (Å²) in [5.74, 6) is 0. The fourth-order valence-electron chi connectivity index (χ4n) is 12.2. The highest BCUT2D eigenvalue weighted by atomic mass is 32.1. The highest BCUT2D eigenvalue weighted by molar-refractivity contribution is 7.25. The van der Waals surface area contributed by atoms with E-state index in [4.69, 9.17) is 0 Å². The third-order valence-electron chi connectivity index (χ3n) is 15.2. The van der Waals surface area contributed by atoms with Crippen molar-refractivity contribution < 1.29 is 0 Å². The molecular weight excluding hydrogens is 865 g/mol. The van der Waals surface area contributed by atoms with Gasteiger partial charge < -0.3 is 9.47 Å². The second-order valence-electron chi connectivity index (χ2n) is 18.8. The van der Waals surface area contributed by atoms with Crippen LogP contribution in [0.2, 0.25) is 0 Å². The summed E-state index contributed by atoms with van der Waals surface area (Å²) in [7, 11) is 0. The Morgan fingerprint density at radius 3 is 1.53 bits per heavy atom. The first-order valence-electron chi connectivity index (χ1n) is 24.2. The highest BCUT2D eigenvalue weighted by Gasteiger charge is 2.51. The van der Waals surface area contributed by atoms with Crippen LogP contribution in [0, 0.1) is 0 Å². The highest BCUT2D eigenvalue weighted by Crippen LogP contribution is 2.63. The Bertz CT molecular complexity index is 4190. The van der Waals surface area contributed by atoms with Crippen LogP contribution in [-0.4, -0.2) is 4.57 Å². The molecule has 326 valence electrons. The lowest BCUT2D eigenvalue weighted by Gasteiger charge is -2.32. The van der Waals surface area contributed by atoms with Crippen molar-refractivity contribution in [3.63, 3.8) is 0 Å². The van der Waals surface area contributed by atoms with Gasteiger partial charge in [0.25, 0.3) is 0 Å². The minimum atomic E-state index is -0.461. The Balaban J connectivity index is 0.982. The molecule has 0 saturated carbocycles. The SMILES string of the molecule is c1ccc(N(c2cc(-c3ccc4sc5ccccc5c4c3)cc(-c3ccc4c(c3)c3ccccc3n4-c3ccccc3)c2)c2ccc3c(c2)C2(c4ccccc4-c4ccccc42)c2ccccc2-3)cc1. The van der Waals surface area contributed by atoms with E-state index in [0.29, 0.717) is 0 Å². The number of hydrogen-bond acceptors (Lipinski definition) is 2. The Morgan fingerprint density at radius 2 is 0.829 bits per heavy atom. The van der Waals surface area contributed by atoms with Crippen LogP contribution in [-0.2, 0) is 5.41 Å². The summed E-state index contributed by atoms with van der Waals surface area (Å²) >= 11 is 1.86. The topological polar surface area (TPSA) is 8.17 Å². The molecule has 2 aliphatic rings. The molecule has 15 rings (SSSR count). The first kappa shape index (κ1) is 39.3. The minimum absolute atomic E-state index is 0.461. The predicted molar refractivity (Wildman–Crippen MR) is 296 cm³/mol. The minimum Gasteiger partial charge on any atom is -0.310 e. The summed E-state index contributed by atoms with van der Waals surface area (Å²) in [6, 6.07) is 95.0. The third-order valence-corrected chi connectivity index (χ3v) is 16.3. The van der Waals surface area contributed by atoms with E-state index in [1.807, 2.05) is 11.3 Å². The second kappa shape index (κ2) is 15.1. The molecule has 0 unspecified atom stereocenters. The lowest BCUT2D eigenvalue weighted by atomic mass is 9.70. The van der Waals surface area contributed by atoms with Crippen LogP contribution >= 0.6 is 11.3 Å². The van der Waals surface area contributed by atoms with Gasteiger partial charge in [0.1, 0.15) is 0 Å². The van der Waals surface area contributed by atoms with Gasteiger partial charge in [-0.15, -0.1) is 11.3 Å². The lowest BCUT2D eigenvalue weighted by Crippen LogP contribution is -2.26. The monoisotopic (exact) mass is 906 g/mol. The molecule has 0 amide bonds. The summed E-state index contributed by atoms with van der Waals surface area (Å²) in [6.07, 6.45) is 0. The Morgan fingerprint density at radius 1 is 0.300 bits per heavy atom. The van der Waals surface area contributed by atoms with Gasteiger partial charge in [-0.3, -0.25) is 0 Å². The zero-order valence-corrected chi connectivity index (χ0v) is 38.9. The van der Waals surface area contributed by atoms with Crippen LogP contribution in [0.25, 0.3) is 92.2 Å². The maximum absolute atomic E-state index is 2.50. The van der Waals surface area contributed by atoms with Crippen LogP contribution in [0.4, 0.5) is 17.1 Å². The normalized spacial score (nSPS) is 13.0. The zero-order chi connectivity index (χ0) is 45.9. The molecule has 2 nitrogen and oxygen atoms in total. The van der Waals surface area contributed by atoms with Crippen molar-refractivity contribution in [3.05, 3.63) is 277 Å². The van der Waals surface area contributed by atoms with Gasteiger partial charge in [-0.05, 0) is 158 Å². The number of benzene rings is 11. The standard InChI is InChI=1S/C67H42N2S/c1-3-17-47(18-4-1)68(49-33-34-54-53-23-9-14-28-61(53)67(62(54)42-49)59-26-12-7-21-51(59)52-22-8-13-27-60(52)67)50-38-45(37-46(39-50)44-32-36-66-58(41-44)56-25-11-16-30-65(56)70-66)43-31-35-64-57(40-43)55-24-10-15-29-63(55)69(64)48-19-5-2-6-20-48/h1-42H. The number of fused-ring (bicyclic) bond motifs is 16. The number of anilines is 3. The Hall–Kier alpha value is -8.76. The van der Waals surface area contributed by atoms with Gasteiger partial charge >= 0.3 is 0 Å². The molecule has 0 N–H and O–H groups in total. The van der Waals surface area contributed by atoms with E-state index in [9.17, 15) is 0 Å². The Kier molecular flexibility index (Phi) is 8.48. The molecule has 0 saturated heterocycles. The molecule has 70 heavy (non-hydrogen) atoms. The second-order valence-corrected chi connectivity index (χ2v) is 19.9. The van der Waals surface area contributed by atoms with Gasteiger partial charge in [0, 0.05) is 53.7 Å². The average Bonchev–Trinajstić information content (AvgIpc) is 4.15. The van der Waals surface area contributed by atoms with Gasteiger partial charge in [0.05, 0.1) is 16.4 Å². The number of rotatable bonds is 6. The summed E-state index contributed by atoms with van der Waals surface area (Å²) < 4.78 is 5.01. The number of aromatic nitrogens is 1. The summed E-state index contributed by atoms with van der Waals surface area (Å²) in [5, 5.41) is 5.06. The molecule has 2 heterocycles. The number of thiophene rings is 1. The van der Waals surface area contributed by atoms with E-state index in [1.54, 1.807) is 0 Å². The van der Waals surface area contributed by atoms with Gasteiger partial charge in [-0.25, -0.2) is 0 Å². The largest absolute Gasteiger partial charge is 0.310 e.